The van der Waals surface area contributed by atoms with Gasteiger partial charge in [-0.2, -0.15) is 0 Å². The SMILES string of the molecule is CC(Sc1nnc(Cc2cccs2)n1C1CC1)C(=O)C12CC3CC(CC(C3)C1)C2. The van der Waals surface area contributed by atoms with Gasteiger partial charge in [0, 0.05) is 22.8 Å². The third-order valence-electron chi connectivity index (χ3n) is 7.77. The quantitative estimate of drug-likeness (QED) is 0.545. The molecule has 6 heteroatoms. The van der Waals surface area contributed by atoms with Crippen LogP contribution in [0.4, 0.5) is 0 Å². The van der Waals surface area contributed by atoms with Gasteiger partial charge in [-0.25, -0.2) is 0 Å². The number of carbonyl (C=O) groups excluding carboxylic acids is 1. The topological polar surface area (TPSA) is 47.8 Å². The van der Waals surface area contributed by atoms with Crippen molar-refractivity contribution in [2.75, 3.05) is 0 Å². The summed E-state index contributed by atoms with van der Waals surface area (Å²) in [7, 11) is 0. The van der Waals surface area contributed by atoms with Crippen molar-refractivity contribution in [3.63, 3.8) is 0 Å². The second-order valence-corrected chi connectivity index (χ2v) is 12.4. The third-order valence-corrected chi connectivity index (χ3v) is 9.71. The molecule has 2 aromatic heterocycles. The predicted molar refractivity (Wildman–Crippen MR) is 116 cm³/mol. The van der Waals surface area contributed by atoms with Gasteiger partial charge in [-0.1, -0.05) is 17.8 Å². The van der Waals surface area contributed by atoms with Crippen LogP contribution in [0, 0.1) is 23.2 Å². The molecule has 4 bridgehead atoms. The summed E-state index contributed by atoms with van der Waals surface area (Å²) in [6.07, 6.45) is 10.9. The first-order valence-electron chi connectivity index (χ1n) is 11.3. The number of carbonyl (C=O) groups is 1. The molecular formula is C23H29N3OS2. The van der Waals surface area contributed by atoms with Gasteiger partial charge in [0.05, 0.1) is 5.25 Å². The van der Waals surface area contributed by atoms with Gasteiger partial charge in [-0.05, 0) is 87.5 Å². The highest BCUT2D eigenvalue weighted by Crippen LogP contribution is 2.61. The van der Waals surface area contributed by atoms with Gasteiger partial charge >= 0.3 is 0 Å². The highest BCUT2D eigenvalue weighted by Gasteiger charge is 2.55. The van der Waals surface area contributed by atoms with Crippen LogP contribution < -0.4 is 0 Å². The molecule has 2 heterocycles. The van der Waals surface area contributed by atoms with Crippen molar-refractivity contribution < 1.29 is 4.79 Å². The molecule has 154 valence electrons. The summed E-state index contributed by atoms with van der Waals surface area (Å²) in [5.41, 5.74) is -0.0224. The summed E-state index contributed by atoms with van der Waals surface area (Å²) in [5, 5.41) is 12.2. The molecule has 5 aliphatic rings. The van der Waals surface area contributed by atoms with Crippen molar-refractivity contribution >= 4 is 28.9 Å². The van der Waals surface area contributed by atoms with Gasteiger partial charge < -0.3 is 4.57 Å². The highest BCUT2D eigenvalue weighted by molar-refractivity contribution is 8.00. The molecule has 0 radical (unpaired) electrons. The van der Waals surface area contributed by atoms with E-state index >= 15 is 0 Å². The Kier molecular flexibility index (Phi) is 4.46. The Hall–Kier alpha value is -1.14. The lowest BCUT2D eigenvalue weighted by atomic mass is 9.48. The normalized spacial score (nSPS) is 33.9. The van der Waals surface area contributed by atoms with E-state index in [4.69, 9.17) is 0 Å². The maximum absolute atomic E-state index is 13.7. The van der Waals surface area contributed by atoms with Gasteiger partial charge in [0.1, 0.15) is 5.82 Å². The number of Topliss-reactive ketones (excluding diaryl/α,β-unsaturated/α-hetero) is 1. The maximum atomic E-state index is 13.7. The number of thiophene rings is 1. The van der Waals surface area contributed by atoms with E-state index in [1.54, 1.807) is 23.1 Å². The zero-order valence-electron chi connectivity index (χ0n) is 17.0. The fourth-order valence-electron chi connectivity index (χ4n) is 6.83. The van der Waals surface area contributed by atoms with E-state index in [1.807, 2.05) is 0 Å². The Bertz CT molecular complexity index is 879. The van der Waals surface area contributed by atoms with E-state index in [1.165, 1.54) is 37.0 Å². The van der Waals surface area contributed by atoms with E-state index < -0.39 is 0 Å². The molecule has 5 saturated carbocycles. The summed E-state index contributed by atoms with van der Waals surface area (Å²) in [6.45, 7) is 2.12. The third kappa shape index (κ3) is 3.31. The number of aromatic nitrogens is 3. The van der Waals surface area contributed by atoms with Gasteiger partial charge in [0.2, 0.25) is 0 Å². The zero-order valence-corrected chi connectivity index (χ0v) is 18.7. The molecule has 0 aliphatic heterocycles. The fourth-order valence-corrected chi connectivity index (χ4v) is 8.66. The molecule has 5 fully saturated rings. The lowest BCUT2D eigenvalue weighted by Crippen LogP contribution is -2.51. The minimum atomic E-state index is -0.0254. The van der Waals surface area contributed by atoms with Gasteiger partial charge in [-0.3, -0.25) is 4.79 Å². The average molecular weight is 428 g/mol. The Morgan fingerprint density at radius 3 is 2.48 bits per heavy atom. The number of hydrogen-bond donors (Lipinski definition) is 0. The van der Waals surface area contributed by atoms with Crippen molar-refractivity contribution in [3.8, 4) is 0 Å². The maximum Gasteiger partial charge on any atom is 0.192 e. The summed E-state index contributed by atoms with van der Waals surface area (Å²) in [4.78, 5) is 15.0. The molecule has 5 aliphatic carbocycles. The molecule has 1 unspecified atom stereocenters. The van der Waals surface area contributed by atoms with E-state index in [0.717, 1.165) is 54.4 Å². The highest BCUT2D eigenvalue weighted by atomic mass is 32.2. The monoisotopic (exact) mass is 427 g/mol. The van der Waals surface area contributed by atoms with Crippen LogP contribution in [-0.2, 0) is 11.2 Å². The molecule has 2 aromatic rings. The lowest BCUT2D eigenvalue weighted by molar-refractivity contribution is -0.143. The second kappa shape index (κ2) is 6.94. The zero-order chi connectivity index (χ0) is 19.6. The predicted octanol–water partition coefficient (Wildman–Crippen LogP) is 5.53. The van der Waals surface area contributed by atoms with Gasteiger partial charge in [-0.15, -0.1) is 21.5 Å². The summed E-state index contributed by atoms with van der Waals surface area (Å²) < 4.78 is 2.34. The fraction of sp³-hybridized carbons (Fsp3) is 0.696. The van der Waals surface area contributed by atoms with Crippen molar-refractivity contribution in [2.24, 2.45) is 23.2 Å². The van der Waals surface area contributed by atoms with Crippen LogP contribution in [0.3, 0.4) is 0 Å². The molecule has 1 atom stereocenters. The minimum absolute atomic E-state index is 0.0224. The van der Waals surface area contributed by atoms with E-state index in [9.17, 15) is 4.79 Å². The standard InChI is InChI=1S/C23H29N3OS2/c1-14(21(27)23-11-15-7-16(12-23)9-17(8-15)13-23)29-22-25-24-20(26(22)18-4-5-18)10-19-3-2-6-28-19/h2-3,6,14-18H,4-5,7-13H2,1H3. The number of ketones is 1. The Morgan fingerprint density at radius 1 is 1.21 bits per heavy atom. The van der Waals surface area contributed by atoms with Crippen LogP contribution in [0.2, 0.25) is 0 Å². The molecule has 0 saturated heterocycles. The van der Waals surface area contributed by atoms with E-state index in [-0.39, 0.29) is 10.7 Å². The minimum Gasteiger partial charge on any atom is -0.303 e. The summed E-state index contributed by atoms with van der Waals surface area (Å²) >= 11 is 3.45. The molecule has 0 aromatic carbocycles. The van der Waals surface area contributed by atoms with Crippen LogP contribution in [-0.4, -0.2) is 25.8 Å². The Labute approximate surface area is 180 Å². The molecular weight excluding hydrogens is 398 g/mol. The lowest BCUT2D eigenvalue weighted by Gasteiger charge is -2.56. The number of rotatable bonds is 7. The van der Waals surface area contributed by atoms with Crippen LogP contribution in [0.25, 0.3) is 0 Å². The summed E-state index contributed by atoms with van der Waals surface area (Å²) in [6, 6.07) is 4.80. The first kappa shape index (κ1) is 18.6. The first-order valence-corrected chi connectivity index (χ1v) is 13.0. The first-order chi connectivity index (χ1) is 14.1. The van der Waals surface area contributed by atoms with Crippen molar-refractivity contribution in [1.29, 1.82) is 0 Å². The van der Waals surface area contributed by atoms with E-state index in [0.29, 0.717) is 11.8 Å². The smallest absolute Gasteiger partial charge is 0.192 e. The van der Waals surface area contributed by atoms with Crippen molar-refractivity contribution in [1.82, 2.24) is 14.8 Å². The molecule has 4 nitrogen and oxygen atoms in total. The molecule has 29 heavy (non-hydrogen) atoms. The van der Waals surface area contributed by atoms with Gasteiger partial charge in [0.25, 0.3) is 0 Å². The number of nitrogens with zero attached hydrogens (tertiary/aromatic N) is 3. The number of hydrogen-bond acceptors (Lipinski definition) is 5. The van der Waals surface area contributed by atoms with Crippen molar-refractivity contribution in [3.05, 3.63) is 28.2 Å². The van der Waals surface area contributed by atoms with Crippen LogP contribution in [0.1, 0.15) is 75.0 Å². The summed E-state index contributed by atoms with van der Waals surface area (Å²) in [5.74, 6) is 4.01. The molecule has 0 amide bonds. The second-order valence-electron chi connectivity index (χ2n) is 10.1. The van der Waals surface area contributed by atoms with Gasteiger partial charge in [0.15, 0.2) is 10.9 Å². The van der Waals surface area contributed by atoms with Crippen LogP contribution in [0.5, 0.6) is 0 Å². The number of thioether (sulfide) groups is 1. The molecule has 0 spiro atoms. The Balaban J connectivity index is 1.22. The molecule has 0 N–H and O–H groups in total. The largest absolute Gasteiger partial charge is 0.303 e. The van der Waals surface area contributed by atoms with Crippen LogP contribution >= 0.6 is 23.1 Å². The van der Waals surface area contributed by atoms with E-state index in [2.05, 4.69) is 39.2 Å². The van der Waals surface area contributed by atoms with Crippen molar-refractivity contribution in [2.45, 2.75) is 81.2 Å². The Morgan fingerprint density at radius 2 is 1.90 bits per heavy atom. The average Bonchev–Trinajstić information content (AvgIpc) is 3.24. The molecule has 7 rings (SSSR count). The van der Waals surface area contributed by atoms with Crippen LogP contribution in [0.15, 0.2) is 22.7 Å².